The molecular weight excluding hydrogens is 191 g/mol. The topological polar surface area (TPSA) is 20.2 Å². The van der Waals surface area contributed by atoms with Gasteiger partial charge in [-0.25, -0.2) is 4.39 Å². The molecular formula is C13H17FO. The molecule has 0 heterocycles. The van der Waals surface area contributed by atoms with Gasteiger partial charge in [-0.05, 0) is 49.3 Å². The first-order valence-electron chi connectivity index (χ1n) is 5.65. The van der Waals surface area contributed by atoms with Crippen LogP contribution in [0.5, 0.6) is 0 Å². The van der Waals surface area contributed by atoms with Crippen LogP contribution in [0.15, 0.2) is 12.1 Å². The van der Waals surface area contributed by atoms with Crippen molar-refractivity contribution in [1.82, 2.24) is 0 Å². The second-order valence-corrected chi connectivity index (χ2v) is 4.44. The van der Waals surface area contributed by atoms with Gasteiger partial charge in [-0.2, -0.15) is 0 Å². The Hall–Kier alpha value is -0.890. The zero-order valence-electron chi connectivity index (χ0n) is 9.09. The molecule has 1 N–H and O–H groups in total. The molecule has 1 aliphatic carbocycles. The molecule has 0 aromatic heterocycles. The normalized spacial score (nSPS) is 17.3. The molecule has 1 aromatic carbocycles. The van der Waals surface area contributed by atoms with Crippen LogP contribution in [0.25, 0.3) is 0 Å². The standard InChI is InChI=1S/C13H17FO/c1-9(15)8-11-7-6-10-4-2-3-5-12(10)13(11)14/h6-7,9,15H,2-5,8H2,1H3. The van der Waals surface area contributed by atoms with Crippen LogP contribution in [0, 0.1) is 5.82 Å². The Morgan fingerprint density at radius 2 is 2.07 bits per heavy atom. The van der Waals surface area contributed by atoms with Crippen LogP contribution in [-0.4, -0.2) is 11.2 Å². The van der Waals surface area contributed by atoms with Gasteiger partial charge >= 0.3 is 0 Å². The number of aliphatic hydroxyl groups excluding tert-OH is 1. The van der Waals surface area contributed by atoms with Crippen molar-refractivity contribution in [1.29, 1.82) is 0 Å². The van der Waals surface area contributed by atoms with Gasteiger partial charge < -0.3 is 5.11 Å². The molecule has 0 saturated heterocycles. The summed E-state index contributed by atoms with van der Waals surface area (Å²) in [6.45, 7) is 1.69. The number of hydrogen-bond acceptors (Lipinski definition) is 1. The van der Waals surface area contributed by atoms with Gasteiger partial charge in [-0.15, -0.1) is 0 Å². The fourth-order valence-electron chi connectivity index (χ4n) is 2.31. The molecule has 1 unspecified atom stereocenters. The summed E-state index contributed by atoms with van der Waals surface area (Å²) in [5.41, 5.74) is 2.71. The number of hydrogen-bond donors (Lipinski definition) is 1. The van der Waals surface area contributed by atoms with E-state index in [1.54, 1.807) is 6.92 Å². The van der Waals surface area contributed by atoms with E-state index in [0.29, 0.717) is 12.0 Å². The summed E-state index contributed by atoms with van der Waals surface area (Å²) in [6.07, 6.45) is 4.06. The third-order valence-electron chi connectivity index (χ3n) is 3.06. The van der Waals surface area contributed by atoms with Crippen molar-refractivity contribution in [2.45, 2.75) is 45.1 Å². The van der Waals surface area contributed by atoms with Gasteiger partial charge in [0.05, 0.1) is 6.10 Å². The van der Waals surface area contributed by atoms with Crippen LogP contribution in [-0.2, 0) is 19.3 Å². The number of rotatable bonds is 2. The molecule has 0 radical (unpaired) electrons. The summed E-state index contributed by atoms with van der Waals surface area (Å²) < 4.78 is 14.0. The summed E-state index contributed by atoms with van der Waals surface area (Å²) in [6, 6.07) is 3.85. The molecule has 1 atom stereocenters. The molecule has 0 fully saturated rings. The Bertz CT molecular complexity index is 358. The monoisotopic (exact) mass is 208 g/mol. The lowest BCUT2D eigenvalue weighted by Gasteiger charge is -2.18. The summed E-state index contributed by atoms with van der Waals surface area (Å²) >= 11 is 0. The van der Waals surface area contributed by atoms with E-state index < -0.39 is 6.10 Å². The predicted octanol–water partition coefficient (Wildman–Crippen LogP) is 2.63. The largest absolute Gasteiger partial charge is 0.393 e. The van der Waals surface area contributed by atoms with Gasteiger partial charge in [0, 0.05) is 6.42 Å². The van der Waals surface area contributed by atoms with Gasteiger partial charge in [0.1, 0.15) is 5.82 Å². The Morgan fingerprint density at radius 1 is 1.33 bits per heavy atom. The van der Waals surface area contributed by atoms with Gasteiger partial charge in [0.2, 0.25) is 0 Å². The molecule has 0 bridgehead atoms. The Morgan fingerprint density at radius 3 is 2.80 bits per heavy atom. The lowest BCUT2D eigenvalue weighted by molar-refractivity contribution is 0.194. The summed E-state index contributed by atoms with van der Waals surface area (Å²) in [5, 5.41) is 9.27. The van der Waals surface area contributed by atoms with Crippen molar-refractivity contribution in [3.63, 3.8) is 0 Å². The van der Waals surface area contributed by atoms with Crippen LogP contribution in [0.1, 0.15) is 36.5 Å². The quantitative estimate of drug-likeness (QED) is 0.792. The van der Waals surface area contributed by atoms with Crippen molar-refractivity contribution in [2.24, 2.45) is 0 Å². The maximum atomic E-state index is 14.0. The average molecular weight is 208 g/mol. The fraction of sp³-hybridized carbons (Fsp3) is 0.538. The highest BCUT2D eigenvalue weighted by molar-refractivity contribution is 5.35. The zero-order chi connectivity index (χ0) is 10.8. The fourth-order valence-corrected chi connectivity index (χ4v) is 2.31. The van der Waals surface area contributed by atoms with E-state index in [2.05, 4.69) is 0 Å². The predicted molar refractivity (Wildman–Crippen MR) is 58.4 cm³/mol. The van der Waals surface area contributed by atoms with Crippen molar-refractivity contribution < 1.29 is 9.50 Å². The summed E-state index contributed by atoms with van der Waals surface area (Å²) in [7, 11) is 0. The van der Waals surface area contributed by atoms with E-state index >= 15 is 0 Å². The molecule has 0 aliphatic heterocycles. The first-order chi connectivity index (χ1) is 7.18. The van der Waals surface area contributed by atoms with E-state index in [9.17, 15) is 9.50 Å². The van der Waals surface area contributed by atoms with E-state index in [1.165, 1.54) is 6.42 Å². The molecule has 1 nitrogen and oxygen atoms in total. The highest BCUT2D eigenvalue weighted by Gasteiger charge is 2.16. The Kier molecular flexibility index (Phi) is 3.06. The maximum Gasteiger partial charge on any atom is 0.129 e. The molecule has 0 saturated carbocycles. The number of aryl methyl sites for hydroxylation is 1. The van der Waals surface area contributed by atoms with Crippen LogP contribution >= 0.6 is 0 Å². The SMILES string of the molecule is CC(O)Cc1ccc2c(c1F)CCCC2. The third kappa shape index (κ3) is 2.20. The number of fused-ring (bicyclic) bond motifs is 1. The van der Waals surface area contributed by atoms with Gasteiger partial charge in [-0.3, -0.25) is 0 Å². The van der Waals surface area contributed by atoms with E-state index in [0.717, 1.165) is 30.4 Å². The van der Waals surface area contributed by atoms with E-state index in [1.807, 2.05) is 12.1 Å². The summed E-state index contributed by atoms with van der Waals surface area (Å²) in [4.78, 5) is 0. The van der Waals surface area contributed by atoms with Gasteiger partial charge in [0.15, 0.2) is 0 Å². The Labute approximate surface area is 89.9 Å². The lowest BCUT2D eigenvalue weighted by Crippen LogP contribution is -2.11. The molecule has 1 aromatic rings. The number of aliphatic hydroxyl groups is 1. The molecule has 0 amide bonds. The van der Waals surface area contributed by atoms with E-state index in [4.69, 9.17) is 0 Å². The van der Waals surface area contributed by atoms with Crippen molar-refractivity contribution in [3.05, 3.63) is 34.6 Å². The highest BCUT2D eigenvalue weighted by atomic mass is 19.1. The molecule has 82 valence electrons. The first-order valence-corrected chi connectivity index (χ1v) is 5.65. The molecule has 2 rings (SSSR count). The third-order valence-corrected chi connectivity index (χ3v) is 3.06. The minimum atomic E-state index is -0.471. The van der Waals surface area contributed by atoms with Crippen LogP contribution in [0.4, 0.5) is 4.39 Å². The minimum absolute atomic E-state index is 0.0758. The minimum Gasteiger partial charge on any atom is -0.393 e. The second-order valence-electron chi connectivity index (χ2n) is 4.44. The number of halogens is 1. The van der Waals surface area contributed by atoms with E-state index in [-0.39, 0.29) is 5.82 Å². The summed E-state index contributed by atoms with van der Waals surface area (Å²) in [5.74, 6) is -0.0758. The number of benzene rings is 1. The lowest BCUT2D eigenvalue weighted by atomic mass is 9.89. The van der Waals surface area contributed by atoms with Crippen molar-refractivity contribution in [3.8, 4) is 0 Å². The zero-order valence-corrected chi connectivity index (χ0v) is 9.09. The Balaban J connectivity index is 2.34. The van der Waals surface area contributed by atoms with Crippen molar-refractivity contribution in [2.75, 3.05) is 0 Å². The molecule has 0 spiro atoms. The average Bonchev–Trinajstić information content (AvgIpc) is 2.22. The van der Waals surface area contributed by atoms with Gasteiger partial charge in [0.25, 0.3) is 0 Å². The smallest absolute Gasteiger partial charge is 0.129 e. The first kappa shape index (κ1) is 10.6. The van der Waals surface area contributed by atoms with Gasteiger partial charge in [-0.1, -0.05) is 12.1 Å². The second kappa shape index (κ2) is 4.31. The molecule has 1 aliphatic rings. The van der Waals surface area contributed by atoms with Crippen LogP contribution < -0.4 is 0 Å². The molecule has 15 heavy (non-hydrogen) atoms. The molecule has 2 heteroatoms. The highest BCUT2D eigenvalue weighted by Crippen LogP contribution is 2.26. The van der Waals surface area contributed by atoms with Crippen LogP contribution in [0.2, 0.25) is 0 Å². The maximum absolute atomic E-state index is 14.0. The van der Waals surface area contributed by atoms with Crippen LogP contribution in [0.3, 0.4) is 0 Å². The van der Waals surface area contributed by atoms with Crippen molar-refractivity contribution >= 4 is 0 Å².